The summed E-state index contributed by atoms with van der Waals surface area (Å²) in [6.07, 6.45) is 0.948. The van der Waals surface area contributed by atoms with Crippen LogP contribution in [0.4, 0.5) is 0 Å². The van der Waals surface area contributed by atoms with E-state index in [1.54, 1.807) is 0 Å². The summed E-state index contributed by atoms with van der Waals surface area (Å²) in [5.74, 6) is -0.207. The van der Waals surface area contributed by atoms with Crippen LogP contribution in [-0.2, 0) is 4.79 Å². The van der Waals surface area contributed by atoms with Crippen molar-refractivity contribution in [2.24, 2.45) is 0 Å². The van der Waals surface area contributed by atoms with Gasteiger partial charge in [0.05, 0.1) is 18.7 Å². The molecule has 0 aliphatic heterocycles. The monoisotopic (exact) mass is 194 g/mol. The van der Waals surface area contributed by atoms with Gasteiger partial charge in [-0.1, -0.05) is 6.92 Å². The number of nitriles is 2. The van der Waals surface area contributed by atoms with Gasteiger partial charge in [-0.3, -0.25) is 4.79 Å². The Morgan fingerprint density at radius 1 is 1.36 bits per heavy atom. The van der Waals surface area contributed by atoms with Gasteiger partial charge >= 0.3 is 0 Å². The van der Waals surface area contributed by atoms with Crippen LogP contribution in [0.25, 0.3) is 0 Å². The van der Waals surface area contributed by atoms with Gasteiger partial charge in [-0.15, -0.1) is 0 Å². The Bertz CT molecular complexity index is 235. The minimum absolute atomic E-state index is 0.0276. The van der Waals surface area contributed by atoms with Gasteiger partial charge in [0.2, 0.25) is 5.91 Å². The van der Waals surface area contributed by atoms with Crippen LogP contribution in [0, 0.1) is 22.7 Å². The van der Waals surface area contributed by atoms with E-state index in [0.29, 0.717) is 0 Å². The van der Waals surface area contributed by atoms with E-state index < -0.39 is 0 Å². The minimum atomic E-state index is -0.207. The minimum Gasteiger partial charge on any atom is -0.315 e. The number of rotatable bonds is 6. The van der Waals surface area contributed by atoms with Gasteiger partial charge in [0.15, 0.2) is 0 Å². The molecule has 0 saturated heterocycles. The molecule has 0 radical (unpaired) electrons. The zero-order chi connectivity index (χ0) is 10.8. The van der Waals surface area contributed by atoms with Gasteiger partial charge in [-0.2, -0.15) is 10.5 Å². The predicted octanol–water partition coefficient (Wildman–Crippen LogP) is -0.138. The van der Waals surface area contributed by atoms with Gasteiger partial charge in [0, 0.05) is 0 Å². The van der Waals surface area contributed by atoms with Crippen molar-refractivity contribution >= 4 is 5.91 Å². The van der Waals surface area contributed by atoms with Crippen molar-refractivity contribution in [3.8, 4) is 12.1 Å². The molecular formula is C9H14N4O. The summed E-state index contributed by atoms with van der Waals surface area (Å²) in [4.78, 5) is 12.6. The predicted molar refractivity (Wildman–Crippen MR) is 51.0 cm³/mol. The van der Waals surface area contributed by atoms with Crippen LogP contribution in [0.1, 0.15) is 13.3 Å². The topological polar surface area (TPSA) is 79.9 Å². The molecule has 0 bridgehead atoms. The third kappa shape index (κ3) is 5.13. The molecule has 0 aliphatic rings. The molecule has 1 N–H and O–H groups in total. The molecule has 0 aromatic rings. The Labute approximate surface area is 83.9 Å². The Kier molecular flexibility index (Phi) is 7.12. The van der Waals surface area contributed by atoms with E-state index in [4.69, 9.17) is 10.5 Å². The number of carbonyl (C=O) groups excluding carboxylic acids is 1. The smallest absolute Gasteiger partial charge is 0.238 e. The highest BCUT2D eigenvalue weighted by molar-refractivity contribution is 5.78. The van der Waals surface area contributed by atoms with Gasteiger partial charge in [-0.25, -0.2) is 0 Å². The normalized spacial score (nSPS) is 8.79. The Balaban J connectivity index is 3.91. The number of amides is 1. The third-order valence-electron chi connectivity index (χ3n) is 1.58. The fourth-order valence-corrected chi connectivity index (χ4v) is 0.887. The van der Waals surface area contributed by atoms with Crippen molar-refractivity contribution in [1.29, 1.82) is 10.5 Å². The molecule has 0 fully saturated rings. The molecule has 1 amide bonds. The van der Waals surface area contributed by atoms with Gasteiger partial charge in [0.25, 0.3) is 0 Å². The number of carbonyl (C=O) groups is 1. The van der Waals surface area contributed by atoms with Gasteiger partial charge in [-0.05, 0) is 13.0 Å². The van der Waals surface area contributed by atoms with Crippen LogP contribution < -0.4 is 5.32 Å². The Morgan fingerprint density at radius 2 is 1.93 bits per heavy atom. The summed E-state index contributed by atoms with van der Waals surface area (Å²) in [5.41, 5.74) is 0. The summed E-state index contributed by atoms with van der Waals surface area (Å²) in [5, 5.41) is 19.7. The fraction of sp³-hybridized carbons (Fsp3) is 0.667. The summed E-state index contributed by atoms with van der Waals surface area (Å²) in [7, 11) is 0. The van der Waals surface area contributed by atoms with Crippen molar-refractivity contribution in [3.63, 3.8) is 0 Å². The molecule has 0 aromatic heterocycles. The van der Waals surface area contributed by atoms with Crippen molar-refractivity contribution < 1.29 is 4.79 Å². The highest BCUT2D eigenvalue weighted by atomic mass is 16.2. The van der Waals surface area contributed by atoms with Crippen molar-refractivity contribution in [1.82, 2.24) is 10.2 Å². The summed E-state index contributed by atoms with van der Waals surface area (Å²) < 4.78 is 0. The first kappa shape index (κ1) is 12.4. The quantitative estimate of drug-likeness (QED) is 0.471. The first-order valence-electron chi connectivity index (χ1n) is 4.48. The average Bonchev–Trinajstić information content (AvgIpc) is 2.18. The lowest BCUT2D eigenvalue weighted by molar-refractivity contribution is -0.129. The Hall–Kier alpha value is -1.59. The van der Waals surface area contributed by atoms with Crippen LogP contribution in [0.3, 0.4) is 0 Å². The maximum atomic E-state index is 11.4. The van der Waals surface area contributed by atoms with Crippen LogP contribution in [-0.4, -0.2) is 37.0 Å². The first-order chi connectivity index (χ1) is 6.76. The van der Waals surface area contributed by atoms with E-state index in [-0.39, 0.29) is 25.5 Å². The first-order valence-corrected chi connectivity index (χ1v) is 4.48. The molecule has 14 heavy (non-hydrogen) atoms. The number of nitrogens with one attached hydrogen (secondary N) is 1. The third-order valence-corrected chi connectivity index (χ3v) is 1.58. The maximum absolute atomic E-state index is 11.4. The van der Waals surface area contributed by atoms with E-state index in [2.05, 4.69) is 5.32 Å². The van der Waals surface area contributed by atoms with Gasteiger partial charge < -0.3 is 10.2 Å². The molecule has 0 rings (SSSR count). The van der Waals surface area contributed by atoms with E-state index >= 15 is 0 Å². The van der Waals surface area contributed by atoms with E-state index in [1.807, 2.05) is 19.1 Å². The highest BCUT2D eigenvalue weighted by Crippen LogP contribution is 1.87. The molecule has 5 heteroatoms. The number of hydrogen-bond donors (Lipinski definition) is 1. The van der Waals surface area contributed by atoms with E-state index in [9.17, 15) is 4.79 Å². The number of nitrogens with zero attached hydrogens (tertiary/aromatic N) is 3. The zero-order valence-corrected chi connectivity index (χ0v) is 8.29. The van der Waals surface area contributed by atoms with Crippen molar-refractivity contribution in [2.45, 2.75) is 13.3 Å². The molecule has 0 aliphatic carbocycles. The molecule has 0 aromatic carbocycles. The molecule has 0 atom stereocenters. The lowest BCUT2D eigenvalue weighted by Crippen LogP contribution is -2.38. The molecule has 76 valence electrons. The summed E-state index contributed by atoms with van der Waals surface area (Å²) >= 11 is 0. The molecule has 0 unspecified atom stereocenters. The van der Waals surface area contributed by atoms with Crippen molar-refractivity contribution in [2.75, 3.05) is 26.2 Å². The molecule has 0 heterocycles. The second-order valence-corrected chi connectivity index (χ2v) is 2.74. The van der Waals surface area contributed by atoms with E-state index in [0.717, 1.165) is 13.0 Å². The number of hydrogen-bond acceptors (Lipinski definition) is 4. The van der Waals surface area contributed by atoms with E-state index in [1.165, 1.54) is 4.90 Å². The summed E-state index contributed by atoms with van der Waals surface area (Å²) in [6.45, 7) is 2.90. The van der Waals surface area contributed by atoms with Crippen LogP contribution in [0.15, 0.2) is 0 Å². The van der Waals surface area contributed by atoms with Crippen molar-refractivity contribution in [3.05, 3.63) is 0 Å². The standard InChI is InChI=1S/C9H14N4O/c1-2-5-12-8-9(14)13(6-3-10)7-4-11/h12H,2,5-8H2,1H3. The lowest BCUT2D eigenvalue weighted by atomic mass is 10.4. The van der Waals surface area contributed by atoms with Crippen LogP contribution in [0.5, 0.6) is 0 Å². The second kappa shape index (κ2) is 8.03. The molecule has 5 nitrogen and oxygen atoms in total. The highest BCUT2D eigenvalue weighted by Gasteiger charge is 2.11. The molecule has 0 saturated carbocycles. The SMILES string of the molecule is CCCNCC(=O)N(CC#N)CC#N. The van der Waals surface area contributed by atoms with Crippen LogP contribution >= 0.6 is 0 Å². The fourth-order valence-electron chi connectivity index (χ4n) is 0.887. The second-order valence-electron chi connectivity index (χ2n) is 2.74. The van der Waals surface area contributed by atoms with Crippen LogP contribution in [0.2, 0.25) is 0 Å². The largest absolute Gasteiger partial charge is 0.315 e. The maximum Gasteiger partial charge on any atom is 0.238 e. The average molecular weight is 194 g/mol. The van der Waals surface area contributed by atoms with Gasteiger partial charge in [0.1, 0.15) is 13.1 Å². The lowest BCUT2D eigenvalue weighted by Gasteiger charge is -2.15. The Morgan fingerprint density at radius 3 is 2.36 bits per heavy atom. The summed E-state index contributed by atoms with van der Waals surface area (Å²) in [6, 6.07) is 3.70. The molecule has 0 spiro atoms. The zero-order valence-electron chi connectivity index (χ0n) is 8.29. The molecular weight excluding hydrogens is 180 g/mol.